The van der Waals surface area contributed by atoms with Gasteiger partial charge in [0, 0.05) is 25.1 Å². The number of aromatic nitrogens is 1. The molecule has 16 heteroatoms. The molecular formula is C24H24Cl2F7N3O3S. The predicted octanol–water partition coefficient (Wildman–Crippen LogP) is 6.57. The molecule has 1 fully saturated rings. The number of carbonyl (C=O) groups excluding carboxylic acids is 2. The zero-order valence-corrected chi connectivity index (χ0v) is 23.8. The van der Waals surface area contributed by atoms with Gasteiger partial charge in [0.15, 0.2) is 10.4 Å². The normalized spacial score (nSPS) is 18.8. The second-order valence-corrected chi connectivity index (χ2v) is 12.2. The molecule has 6 nitrogen and oxygen atoms in total. The van der Waals surface area contributed by atoms with Gasteiger partial charge in [0.05, 0.1) is 27.1 Å². The summed E-state index contributed by atoms with van der Waals surface area (Å²) in [5, 5.41) is 10.2. The molecule has 0 spiro atoms. The molecule has 222 valence electrons. The van der Waals surface area contributed by atoms with E-state index in [0.717, 1.165) is 11.0 Å². The molecule has 0 aliphatic carbocycles. The lowest BCUT2D eigenvalue weighted by Crippen LogP contribution is -2.51. The van der Waals surface area contributed by atoms with E-state index in [0.29, 0.717) is 17.4 Å². The van der Waals surface area contributed by atoms with E-state index in [2.05, 4.69) is 10.3 Å². The van der Waals surface area contributed by atoms with Crippen molar-refractivity contribution in [2.75, 3.05) is 19.6 Å². The van der Waals surface area contributed by atoms with Crippen LogP contribution >= 0.6 is 34.5 Å². The van der Waals surface area contributed by atoms with Crippen LogP contribution in [0.2, 0.25) is 10.0 Å². The molecule has 1 unspecified atom stereocenters. The van der Waals surface area contributed by atoms with Gasteiger partial charge in [-0.3, -0.25) is 9.59 Å². The smallest absolute Gasteiger partial charge is 0.389 e. The Hall–Kier alpha value is -2.16. The van der Waals surface area contributed by atoms with E-state index >= 15 is 0 Å². The first kappa shape index (κ1) is 32.4. The number of likely N-dealkylation sites (tertiary alicyclic amines) is 1. The summed E-state index contributed by atoms with van der Waals surface area (Å²) >= 11 is 12.8. The van der Waals surface area contributed by atoms with Crippen molar-refractivity contribution >= 4 is 46.4 Å². The maximum Gasteiger partial charge on any atom is 0.406 e. The number of hydrogen-bond acceptors (Lipinski definition) is 5. The van der Waals surface area contributed by atoms with E-state index in [4.69, 9.17) is 23.2 Å². The number of nitrogens with one attached hydrogen (secondary N) is 1. The van der Waals surface area contributed by atoms with Crippen molar-refractivity contribution in [3.05, 3.63) is 38.4 Å². The molecule has 40 heavy (non-hydrogen) atoms. The Bertz CT molecular complexity index is 1310. The predicted molar refractivity (Wildman–Crippen MR) is 136 cm³/mol. The Labute approximate surface area is 238 Å². The Balaban J connectivity index is 2.18. The second-order valence-electron chi connectivity index (χ2n) is 10.5. The van der Waals surface area contributed by atoms with Crippen LogP contribution in [-0.2, 0) is 5.41 Å². The van der Waals surface area contributed by atoms with Crippen LogP contribution in [-0.4, -0.2) is 70.1 Å². The maximum absolute atomic E-state index is 14.5. The fourth-order valence-electron chi connectivity index (χ4n) is 3.94. The quantitative estimate of drug-likeness (QED) is 0.351. The highest BCUT2D eigenvalue weighted by Gasteiger charge is 2.69. The molecule has 1 atom stereocenters. The number of amides is 2. The molecule has 3 rings (SSSR count). The molecule has 0 bridgehead atoms. The number of benzene rings is 1. The molecule has 1 aromatic carbocycles. The Morgan fingerprint density at radius 3 is 2.15 bits per heavy atom. The average molecular weight is 638 g/mol. The number of halogens is 9. The van der Waals surface area contributed by atoms with Crippen molar-refractivity contribution in [2.45, 2.75) is 63.2 Å². The Kier molecular flexibility index (Phi) is 8.57. The minimum Gasteiger partial charge on any atom is -0.389 e. The van der Waals surface area contributed by atoms with Gasteiger partial charge < -0.3 is 15.3 Å². The summed E-state index contributed by atoms with van der Waals surface area (Å²) in [4.78, 5) is 31.0. The van der Waals surface area contributed by atoms with Crippen LogP contribution in [0.15, 0.2) is 12.1 Å². The van der Waals surface area contributed by atoms with Crippen LogP contribution in [0.4, 0.5) is 30.7 Å². The minimum absolute atomic E-state index is 0.00584. The molecule has 2 heterocycles. The third-order valence-electron chi connectivity index (χ3n) is 6.42. The highest BCUT2D eigenvalue weighted by atomic mass is 35.5. The van der Waals surface area contributed by atoms with Crippen molar-refractivity contribution in [1.82, 2.24) is 15.2 Å². The number of alkyl halides is 7. The lowest BCUT2D eigenvalue weighted by atomic mass is 9.80. The van der Waals surface area contributed by atoms with Gasteiger partial charge in [0.1, 0.15) is 11.4 Å². The van der Waals surface area contributed by atoms with Crippen molar-refractivity contribution in [3.63, 3.8) is 0 Å². The number of rotatable bonds is 6. The lowest BCUT2D eigenvalue weighted by molar-refractivity contribution is -0.297. The summed E-state index contributed by atoms with van der Waals surface area (Å²) in [7, 11) is 0. The van der Waals surface area contributed by atoms with Gasteiger partial charge in [-0.05, 0) is 33.3 Å². The van der Waals surface area contributed by atoms with Gasteiger partial charge in [0.25, 0.3) is 11.8 Å². The van der Waals surface area contributed by atoms with Crippen molar-refractivity contribution in [1.29, 1.82) is 0 Å². The molecule has 1 saturated heterocycles. The molecule has 2 N–H and O–H groups in total. The van der Waals surface area contributed by atoms with Gasteiger partial charge in [-0.15, -0.1) is 11.3 Å². The summed E-state index contributed by atoms with van der Waals surface area (Å²) in [6, 6.07) is 1.33. The molecule has 1 aliphatic rings. The summed E-state index contributed by atoms with van der Waals surface area (Å²) in [5.41, 5.74) is -9.44. The van der Waals surface area contributed by atoms with Crippen LogP contribution in [0, 0.1) is 0 Å². The van der Waals surface area contributed by atoms with E-state index in [1.54, 1.807) is 0 Å². The zero-order valence-electron chi connectivity index (χ0n) is 21.5. The minimum atomic E-state index is -5.80. The van der Waals surface area contributed by atoms with E-state index in [1.165, 1.54) is 20.8 Å². The van der Waals surface area contributed by atoms with Crippen LogP contribution in [0.5, 0.6) is 0 Å². The second kappa shape index (κ2) is 10.6. The van der Waals surface area contributed by atoms with Gasteiger partial charge in [-0.25, -0.2) is 9.37 Å². The zero-order chi connectivity index (χ0) is 30.6. The van der Waals surface area contributed by atoms with Crippen molar-refractivity contribution in [2.24, 2.45) is 0 Å². The van der Waals surface area contributed by atoms with E-state index in [9.17, 15) is 45.4 Å². The van der Waals surface area contributed by atoms with Gasteiger partial charge in [-0.1, -0.05) is 35.3 Å². The summed E-state index contributed by atoms with van der Waals surface area (Å²) in [5.74, 6) is -1.66. The fraction of sp³-hybridized carbons (Fsp3) is 0.542. The molecule has 2 amide bonds. The van der Waals surface area contributed by atoms with E-state index < -0.39 is 62.2 Å². The largest absolute Gasteiger partial charge is 0.406 e. The third-order valence-corrected chi connectivity index (χ3v) is 8.39. The van der Waals surface area contributed by atoms with E-state index in [1.807, 2.05) is 0 Å². The van der Waals surface area contributed by atoms with Crippen LogP contribution in [0.25, 0.3) is 10.4 Å². The first-order valence-corrected chi connectivity index (χ1v) is 13.2. The number of aliphatic hydroxyl groups is 1. The number of thiazole rings is 1. The Morgan fingerprint density at radius 1 is 1.10 bits per heavy atom. The summed E-state index contributed by atoms with van der Waals surface area (Å²) < 4.78 is 96.7. The number of nitrogens with zero attached hydrogens (tertiary/aromatic N) is 2. The van der Waals surface area contributed by atoms with Gasteiger partial charge >= 0.3 is 12.4 Å². The van der Waals surface area contributed by atoms with Gasteiger partial charge in [0.2, 0.25) is 0 Å². The first-order chi connectivity index (χ1) is 18.0. The number of hydrogen-bond donors (Lipinski definition) is 2. The standard InChI is InChI=1S/C24H24Cl2F7N3O3S/c1-20(2,39)9-34-17(37)18-35-15(19(38)36-8-7-21(3,27)10-36)16(40-18)11-5-6-12(14(26)13(11)25)22(4,23(28,29)30)24(31,32)33/h5-6,39H,7-10H2,1-4H3,(H,34,37). The highest BCUT2D eigenvalue weighted by Crippen LogP contribution is 2.55. The highest BCUT2D eigenvalue weighted by molar-refractivity contribution is 7.17. The van der Waals surface area contributed by atoms with Crippen molar-refractivity contribution in [3.8, 4) is 10.4 Å². The molecule has 1 aliphatic heterocycles. The summed E-state index contributed by atoms with van der Waals surface area (Å²) in [6.45, 7) is 3.50. The van der Waals surface area contributed by atoms with Gasteiger partial charge in [-0.2, -0.15) is 26.3 Å². The van der Waals surface area contributed by atoms with Crippen LogP contribution < -0.4 is 5.32 Å². The molecule has 0 saturated carbocycles. The molecular weight excluding hydrogens is 614 g/mol. The summed E-state index contributed by atoms with van der Waals surface area (Å²) in [6.07, 6.45) is -11.6. The number of carbonyl (C=O) groups is 2. The third kappa shape index (κ3) is 6.19. The Morgan fingerprint density at radius 2 is 1.68 bits per heavy atom. The maximum atomic E-state index is 14.5. The van der Waals surface area contributed by atoms with Crippen LogP contribution in [0.1, 0.15) is 60.0 Å². The lowest BCUT2D eigenvalue weighted by Gasteiger charge is -2.35. The van der Waals surface area contributed by atoms with Crippen molar-refractivity contribution < 1.29 is 45.4 Å². The topological polar surface area (TPSA) is 82.5 Å². The molecule has 1 aromatic heterocycles. The SMILES string of the molecule is CC(C)(O)CNC(=O)c1nc(C(=O)N2CCC(C)(F)C2)c(-c2ccc(C(C)(C(F)(F)F)C(F)(F)F)c(Cl)c2Cl)s1. The monoisotopic (exact) mass is 637 g/mol. The molecule has 0 radical (unpaired) electrons. The fourth-order valence-corrected chi connectivity index (χ4v) is 5.62. The first-order valence-electron chi connectivity index (χ1n) is 11.6. The van der Waals surface area contributed by atoms with E-state index in [-0.39, 0.29) is 48.4 Å². The molecule has 2 aromatic rings. The van der Waals surface area contributed by atoms with Crippen LogP contribution in [0.3, 0.4) is 0 Å². The average Bonchev–Trinajstić information content (AvgIpc) is 3.40.